The average Bonchev–Trinajstić information content (AvgIpc) is 2.86. The van der Waals surface area contributed by atoms with Gasteiger partial charge in [0.2, 0.25) is 5.91 Å². The van der Waals surface area contributed by atoms with Crippen LogP contribution in [-0.2, 0) is 4.79 Å². The Labute approximate surface area is 107 Å². The molecule has 18 heavy (non-hydrogen) atoms. The monoisotopic (exact) mass is 250 g/mol. The van der Waals surface area contributed by atoms with Gasteiger partial charge in [0.1, 0.15) is 11.9 Å². The van der Waals surface area contributed by atoms with Crippen LogP contribution in [-0.4, -0.2) is 29.9 Å². The number of amides is 1. The van der Waals surface area contributed by atoms with E-state index >= 15 is 0 Å². The molecule has 4 heteroatoms. The molecule has 1 amide bonds. The van der Waals surface area contributed by atoms with E-state index in [1.165, 1.54) is 6.07 Å². The van der Waals surface area contributed by atoms with Crippen molar-refractivity contribution in [2.24, 2.45) is 0 Å². The van der Waals surface area contributed by atoms with E-state index in [9.17, 15) is 9.18 Å². The normalized spacial score (nSPS) is 16.7. The lowest BCUT2D eigenvalue weighted by Crippen LogP contribution is -2.39. The molecule has 0 aromatic heterocycles. The summed E-state index contributed by atoms with van der Waals surface area (Å²) in [5, 5.41) is 3.13. The Morgan fingerprint density at radius 1 is 1.39 bits per heavy atom. The van der Waals surface area contributed by atoms with Crippen molar-refractivity contribution in [1.82, 2.24) is 4.90 Å². The Morgan fingerprint density at radius 2 is 2.06 bits per heavy atom. The minimum absolute atomic E-state index is 0.120. The van der Waals surface area contributed by atoms with Crippen molar-refractivity contribution < 1.29 is 9.18 Å². The number of carbonyl (C=O) groups excluding carboxylic acids is 1. The molecular weight excluding hydrogens is 231 g/mol. The van der Waals surface area contributed by atoms with Gasteiger partial charge in [-0.25, -0.2) is 4.39 Å². The Bertz CT molecular complexity index is 441. The van der Waals surface area contributed by atoms with Crippen molar-refractivity contribution in [3.63, 3.8) is 0 Å². The first-order chi connectivity index (χ1) is 8.58. The van der Waals surface area contributed by atoms with Crippen LogP contribution in [0.1, 0.15) is 25.3 Å². The largest absolute Gasteiger partial charge is 0.374 e. The van der Waals surface area contributed by atoms with Gasteiger partial charge in [-0.15, -0.1) is 0 Å². The van der Waals surface area contributed by atoms with Gasteiger partial charge in [0.25, 0.3) is 0 Å². The number of aryl methyl sites for hydroxylation is 1. The Hall–Kier alpha value is -1.58. The second-order valence-electron chi connectivity index (χ2n) is 4.86. The van der Waals surface area contributed by atoms with Gasteiger partial charge in [-0.2, -0.15) is 0 Å². The summed E-state index contributed by atoms with van der Waals surface area (Å²) in [5.41, 5.74) is 1.37. The zero-order chi connectivity index (χ0) is 13.1. The van der Waals surface area contributed by atoms with Crippen LogP contribution in [0, 0.1) is 12.7 Å². The maximum Gasteiger partial charge on any atom is 0.244 e. The molecular formula is C14H19FN2O. The summed E-state index contributed by atoms with van der Waals surface area (Å²) in [4.78, 5) is 14.0. The van der Waals surface area contributed by atoms with Crippen molar-refractivity contribution in [1.29, 1.82) is 0 Å². The molecule has 0 aliphatic carbocycles. The number of hydrogen-bond donors (Lipinski definition) is 1. The molecule has 1 aromatic carbocycles. The minimum Gasteiger partial charge on any atom is -0.374 e. The summed E-state index contributed by atoms with van der Waals surface area (Å²) in [7, 11) is 0. The third kappa shape index (κ3) is 2.81. The summed E-state index contributed by atoms with van der Waals surface area (Å²) in [6, 6.07) is 4.54. The van der Waals surface area contributed by atoms with E-state index in [4.69, 9.17) is 0 Å². The highest BCUT2D eigenvalue weighted by Crippen LogP contribution is 2.16. The van der Waals surface area contributed by atoms with E-state index < -0.39 is 0 Å². The molecule has 1 saturated heterocycles. The topological polar surface area (TPSA) is 32.3 Å². The van der Waals surface area contributed by atoms with Gasteiger partial charge >= 0.3 is 0 Å². The van der Waals surface area contributed by atoms with Gasteiger partial charge in [0.05, 0.1) is 0 Å². The van der Waals surface area contributed by atoms with Crippen LogP contribution in [0.2, 0.25) is 0 Å². The SMILES string of the molecule is Cc1cc(NC(C)C(=O)N2CCCC2)ccc1F. The number of carbonyl (C=O) groups is 1. The van der Waals surface area contributed by atoms with Crippen LogP contribution in [0.15, 0.2) is 18.2 Å². The zero-order valence-electron chi connectivity index (χ0n) is 10.9. The summed E-state index contributed by atoms with van der Waals surface area (Å²) in [6.07, 6.45) is 2.18. The maximum atomic E-state index is 13.1. The summed E-state index contributed by atoms with van der Waals surface area (Å²) >= 11 is 0. The number of nitrogens with zero attached hydrogens (tertiary/aromatic N) is 1. The number of benzene rings is 1. The molecule has 1 aliphatic rings. The second-order valence-corrected chi connectivity index (χ2v) is 4.86. The number of anilines is 1. The van der Waals surface area contributed by atoms with Crippen molar-refractivity contribution in [3.8, 4) is 0 Å². The highest BCUT2D eigenvalue weighted by molar-refractivity contribution is 5.84. The average molecular weight is 250 g/mol. The van der Waals surface area contributed by atoms with Gasteiger partial charge < -0.3 is 10.2 Å². The number of nitrogens with one attached hydrogen (secondary N) is 1. The van der Waals surface area contributed by atoms with Gasteiger partial charge in [0, 0.05) is 18.8 Å². The molecule has 1 heterocycles. The first-order valence-corrected chi connectivity index (χ1v) is 6.39. The predicted molar refractivity (Wildman–Crippen MR) is 70.0 cm³/mol. The predicted octanol–water partition coefficient (Wildman–Crippen LogP) is 2.56. The number of likely N-dealkylation sites (tertiary alicyclic amines) is 1. The molecule has 0 bridgehead atoms. The van der Waals surface area contributed by atoms with Crippen molar-refractivity contribution >= 4 is 11.6 Å². The summed E-state index contributed by atoms with van der Waals surface area (Å²) in [5.74, 6) is -0.103. The molecule has 2 rings (SSSR count). The van der Waals surface area contributed by atoms with Gasteiger partial charge in [-0.1, -0.05) is 0 Å². The first-order valence-electron chi connectivity index (χ1n) is 6.39. The van der Waals surface area contributed by atoms with E-state index in [0.717, 1.165) is 31.6 Å². The van der Waals surface area contributed by atoms with Crippen LogP contribution < -0.4 is 5.32 Å². The minimum atomic E-state index is -0.270. The molecule has 1 aliphatic heterocycles. The second kappa shape index (κ2) is 5.38. The molecule has 0 radical (unpaired) electrons. The Kier molecular flexibility index (Phi) is 3.84. The fourth-order valence-electron chi connectivity index (χ4n) is 2.26. The van der Waals surface area contributed by atoms with Crippen molar-refractivity contribution in [2.45, 2.75) is 32.7 Å². The van der Waals surface area contributed by atoms with Crippen molar-refractivity contribution in [3.05, 3.63) is 29.6 Å². The molecule has 1 fully saturated rings. The summed E-state index contributed by atoms with van der Waals surface area (Å²) < 4.78 is 13.1. The lowest BCUT2D eigenvalue weighted by atomic mass is 10.2. The lowest BCUT2D eigenvalue weighted by Gasteiger charge is -2.22. The number of halogens is 1. The fourth-order valence-corrected chi connectivity index (χ4v) is 2.26. The Balaban J connectivity index is 1.99. The fraction of sp³-hybridized carbons (Fsp3) is 0.500. The van der Waals surface area contributed by atoms with Crippen molar-refractivity contribution in [2.75, 3.05) is 18.4 Å². The van der Waals surface area contributed by atoms with Crippen LogP contribution >= 0.6 is 0 Å². The molecule has 1 aromatic rings. The van der Waals surface area contributed by atoms with E-state index in [0.29, 0.717) is 5.56 Å². The van der Waals surface area contributed by atoms with E-state index in [-0.39, 0.29) is 17.8 Å². The van der Waals surface area contributed by atoms with Crippen LogP contribution in [0.5, 0.6) is 0 Å². The molecule has 1 unspecified atom stereocenters. The number of hydrogen-bond acceptors (Lipinski definition) is 2. The van der Waals surface area contributed by atoms with Gasteiger partial charge in [-0.3, -0.25) is 4.79 Å². The van der Waals surface area contributed by atoms with Gasteiger partial charge in [-0.05, 0) is 50.5 Å². The van der Waals surface area contributed by atoms with E-state index in [1.807, 2.05) is 11.8 Å². The quantitative estimate of drug-likeness (QED) is 0.894. The van der Waals surface area contributed by atoms with Gasteiger partial charge in [0.15, 0.2) is 0 Å². The number of rotatable bonds is 3. The molecule has 0 spiro atoms. The standard InChI is InChI=1S/C14H19FN2O/c1-10-9-12(5-6-13(10)15)16-11(2)14(18)17-7-3-4-8-17/h5-6,9,11,16H,3-4,7-8H2,1-2H3. The zero-order valence-corrected chi connectivity index (χ0v) is 10.9. The van der Waals surface area contributed by atoms with E-state index in [1.54, 1.807) is 19.1 Å². The smallest absolute Gasteiger partial charge is 0.244 e. The lowest BCUT2D eigenvalue weighted by molar-refractivity contribution is -0.130. The molecule has 0 saturated carbocycles. The van der Waals surface area contributed by atoms with Crippen LogP contribution in [0.3, 0.4) is 0 Å². The molecule has 98 valence electrons. The highest BCUT2D eigenvalue weighted by atomic mass is 19.1. The molecule has 1 atom stereocenters. The Morgan fingerprint density at radius 3 is 2.67 bits per heavy atom. The first kappa shape index (κ1) is 12.9. The molecule has 1 N–H and O–H groups in total. The maximum absolute atomic E-state index is 13.1. The third-order valence-electron chi connectivity index (χ3n) is 3.33. The summed E-state index contributed by atoms with van der Waals surface area (Å²) in [6.45, 7) is 5.27. The van der Waals surface area contributed by atoms with Crippen LogP contribution in [0.4, 0.5) is 10.1 Å². The molecule has 3 nitrogen and oxygen atoms in total. The third-order valence-corrected chi connectivity index (χ3v) is 3.33. The van der Waals surface area contributed by atoms with Crippen LogP contribution in [0.25, 0.3) is 0 Å². The van der Waals surface area contributed by atoms with E-state index in [2.05, 4.69) is 5.32 Å². The highest BCUT2D eigenvalue weighted by Gasteiger charge is 2.22.